The molecule has 0 amide bonds. The molecule has 2 aromatic rings. The first-order chi connectivity index (χ1) is 10.2. The summed E-state index contributed by atoms with van der Waals surface area (Å²) in [4.78, 5) is 0. The lowest BCUT2D eigenvalue weighted by atomic mass is 9.98. The van der Waals surface area contributed by atoms with Crippen LogP contribution in [0.2, 0.25) is 5.02 Å². The molecule has 2 aliphatic heterocycles. The summed E-state index contributed by atoms with van der Waals surface area (Å²) in [7, 11) is 0. The molecule has 0 spiro atoms. The minimum atomic E-state index is -0.195. The van der Waals surface area contributed by atoms with Crippen molar-refractivity contribution in [3.05, 3.63) is 64.7 Å². The van der Waals surface area contributed by atoms with E-state index in [1.807, 2.05) is 36.4 Å². The Kier molecular flexibility index (Phi) is 2.89. The van der Waals surface area contributed by atoms with Gasteiger partial charge in [-0.25, -0.2) is 5.01 Å². The van der Waals surface area contributed by atoms with Crippen molar-refractivity contribution in [2.45, 2.75) is 25.6 Å². The van der Waals surface area contributed by atoms with Crippen LogP contribution in [0.4, 0.5) is 0 Å². The van der Waals surface area contributed by atoms with Crippen molar-refractivity contribution in [2.75, 3.05) is 0 Å². The maximum Gasteiger partial charge on any atom is 0.213 e. The predicted octanol–water partition coefficient (Wildman–Crippen LogP) is 4.55. The number of hydrazone groups is 1. The summed E-state index contributed by atoms with van der Waals surface area (Å²) in [5.41, 5.74) is 3.42. The second-order valence-corrected chi connectivity index (χ2v) is 5.93. The number of halogens is 1. The number of ether oxygens (including phenoxy) is 1. The predicted molar refractivity (Wildman–Crippen MR) is 83.6 cm³/mol. The number of para-hydroxylation sites is 1. The van der Waals surface area contributed by atoms with Gasteiger partial charge in [-0.15, -0.1) is 0 Å². The molecule has 0 radical (unpaired) electrons. The highest BCUT2D eigenvalue weighted by atomic mass is 35.5. The van der Waals surface area contributed by atoms with Gasteiger partial charge in [0.15, 0.2) is 0 Å². The Morgan fingerprint density at radius 3 is 2.71 bits per heavy atom. The van der Waals surface area contributed by atoms with Crippen molar-refractivity contribution < 1.29 is 4.74 Å². The topological polar surface area (TPSA) is 24.8 Å². The number of benzene rings is 2. The SMILES string of the molecule is CC1=NN2[C@@H](C1)c1ccccc1O[C@H]2c1ccc(Cl)cc1. The third-order valence-electron chi connectivity index (χ3n) is 4.01. The van der Waals surface area contributed by atoms with E-state index in [2.05, 4.69) is 29.2 Å². The quantitative estimate of drug-likeness (QED) is 0.771. The van der Waals surface area contributed by atoms with Crippen LogP contribution < -0.4 is 4.74 Å². The molecule has 2 aliphatic rings. The minimum absolute atomic E-state index is 0.195. The van der Waals surface area contributed by atoms with Gasteiger partial charge in [0, 0.05) is 28.3 Å². The molecule has 0 aromatic heterocycles. The summed E-state index contributed by atoms with van der Waals surface area (Å²) in [5, 5.41) is 7.48. The zero-order valence-electron chi connectivity index (χ0n) is 11.7. The number of hydrogen-bond donors (Lipinski definition) is 0. The van der Waals surface area contributed by atoms with Gasteiger partial charge in [-0.2, -0.15) is 5.10 Å². The lowest BCUT2D eigenvalue weighted by Crippen LogP contribution is -2.33. The van der Waals surface area contributed by atoms with E-state index in [4.69, 9.17) is 16.3 Å². The Bertz CT molecular complexity index is 711. The van der Waals surface area contributed by atoms with Crippen molar-refractivity contribution in [3.63, 3.8) is 0 Å². The van der Waals surface area contributed by atoms with Gasteiger partial charge in [-0.05, 0) is 25.1 Å². The highest BCUT2D eigenvalue weighted by Crippen LogP contribution is 2.46. The molecule has 2 aromatic carbocycles. The lowest BCUT2D eigenvalue weighted by molar-refractivity contribution is -0.0190. The number of fused-ring (bicyclic) bond motifs is 3. The Labute approximate surface area is 128 Å². The molecule has 106 valence electrons. The van der Waals surface area contributed by atoms with Crippen LogP contribution in [-0.4, -0.2) is 10.7 Å². The summed E-state index contributed by atoms with van der Waals surface area (Å²) < 4.78 is 6.20. The lowest BCUT2D eigenvalue weighted by Gasteiger charge is -2.38. The van der Waals surface area contributed by atoms with Crippen LogP contribution >= 0.6 is 11.6 Å². The fraction of sp³-hybridized carbons (Fsp3) is 0.235. The first-order valence-electron chi connectivity index (χ1n) is 7.06. The molecule has 0 bridgehead atoms. The molecule has 0 fully saturated rings. The average Bonchev–Trinajstić information content (AvgIpc) is 2.89. The Balaban J connectivity index is 1.80. The summed E-state index contributed by atoms with van der Waals surface area (Å²) in [6.45, 7) is 2.07. The molecule has 4 rings (SSSR count). The normalized spacial score (nSPS) is 23.1. The van der Waals surface area contributed by atoms with Crippen LogP contribution in [0.25, 0.3) is 0 Å². The minimum Gasteiger partial charge on any atom is -0.464 e. The van der Waals surface area contributed by atoms with Crippen molar-refractivity contribution in [2.24, 2.45) is 5.10 Å². The van der Waals surface area contributed by atoms with Crippen molar-refractivity contribution in [1.29, 1.82) is 0 Å². The van der Waals surface area contributed by atoms with Crippen LogP contribution in [0.1, 0.15) is 36.7 Å². The van der Waals surface area contributed by atoms with Crippen molar-refractivity contribution in [1.82, 2.24) is 5.01 Å². The molecular weight excluding hydrogens is 284 g/mol. The van der Waals surface area contributed by atoms with Gasteiger partial charge in [-0.3, -0.25) is 0 Å². The maximum atomic E-state index is 6.20. The van der Waals surface area contributed by atoms with Crippen molar-refractivity contribution >= 4 is 17.3 Å². The van der Waals surface area contributed by atoms with Gasteiger partial charge in [0.25, 0.3) is 0 Å². The molecular formula is C17H15ClN2O. The van der Waals surface area contributed by atoms with Crippen LogP contribution in [0.5, 0.6) is 5.75 Å². The zero-order chi connectivity index (χ0) is 14.4. The van der Waals surface area contributed by atoms with Crippen molar-refractivity contribution in [3.8, 4) is 5.75 Å². The summed E-state index contributed by atoms with van der Waals surface area (Å²) >= 11 is 5.98. The van der Waals surface area contributed by atoms with Gasteiger partial charge in [0.2, 0.25) is 6.23 Å². The van der Waals surface area contributed by atoms with Crippen LogP contribution in [-0.2, 0) is 0 Å². The van der Waals surface area contributed by atoms with E-state index >= 15 is 0 Å². The standard InChI is InChI=1S/C17H15ClN2O/c1-11-10-15-14-4-2-3-5-16(14)21-17(20(15)19-11)12-6-8-13(18)9-7-12/h2-9,15,17H,10H2,1H3/t15-,17-/m0/s1. The van der Waals surface area contributed by atoms with Gasteiger partial charge in [0.1, 0.15) is 5.75 Å². The molecule has 2 heterocycles. The monoisotopic (exact) mass is 298 g/mol. The van der Waals surface area contributed by atoms with E-state index in [0.29, 0.717) is 0 Å². The third-order valence-corrected chi connectivity index (χ3v) is 4.26. The largest absolute Gasteiger partial charge is 0.464 e. The van der Waals surface area contributed by atoms with E-state index in [1.54, 1.807) is 0 Å². The van der Waals surface area contributed by atoms with E-state index in [1.165, 1.54) is 5.56 Å². The molecule has 0 aliphatic carbocycles. The number of rotatable bonds is 1. The Morgan fingerprint density at radius 1 is 1.14 bits per heavy atom. The highest BCUT2D eigenvalue weighted by Gasteiger charge is 2.39. The first kappa shape index (κ1) is 12.7. The molecule has 3 nitrogen and oxygen atoms in total. The fourth-order valence-corrected chi connectivity index (χ4v) is 3.16. The molecule has 21 heavy (non-hydrogen) atoms. The number of nitrogens with zero attached hydrogens (tertiary/aromatic N) is 2. The summed E-state index contributed by atoms with van der Waals surface area (Å²) in [6.07, 6.45) is 0.754. The van der Waals surface area contributed by atoms with Crippen LogP contribution in [0.15, 0.2) is 53.6 Å². The maximum absolute atomic E-state index is 6.20. The first-order valence-corrected chi connectivity index (χ1v) is 7.43. The molecule has 0 unspecified atom stereocenters. The van der Waals surface area contributed by atoms with E-state index in [0.717, 1.165) is 28.5 Å². The molecule has 0 saturated heterocycles. The second kappa shape index (κ2) is 4.78. The smallest absolute Gasteiger partial charge is 0.213 e. The van der Waals surface area contributed by atoms with Gasteiger partial charge in [-0.1, -0.05) is 41.9 Å². The molecule has 0 N–H and O–H groups in total. The Hall–Kier alpha value is -2.00. The molecule has 2 atom stereocenters. The zero-order valence-corrected chi connectivity index (χ0v) is 12.4. The van der Waals surface area contributed by atoms with Gasteiger partial charge >= 0.3 is 0 Å². The van der Waals surface area contributed by atoms with E-state index in [-0.39, 0.29) is 12.3 Å². The summed E-state index contributed by atoms with van der Waals surface area (Å²) in [6, 6.07) is 16.3. The highest BCUT2D eigenvalue weighted by molar-refractivity contribution is 6.30. The van der Waals surface area contributed by atoms with Crippen LogP contribution in [0.3, 0.4) is 0 Å². The molecule has 4 heteroatoms. The number of hydrogen-bond acceptors (Lipinski definition) is 3. The fourth-order valence-electron chi connectivity index (χ4n) is 3.03. The van der Waals surface area contributed by atoms with E-state index < -0.39 is 0 Å². The second-order valence-electron chi connectivity index (χ2n) is 5.49. The van der Waals surface area contributed by atoms with Crippen LogP contribution in [0, 0.1) is 0 Å². The average molecular weight is 299 g/mol. The third kappa shape index (κ3) is 2.09. The van der Waals surface area contributed by atoms with Gasteiger partial charge in [0.05, 0.1) is 6.04 Å². The molecule has 0 saturated carbocycles. The summed E-state index contributed by atoms with van der Waals surface area (Å²) in [5.74, 6) is 0.948. The Morgan fingerprint density at radius 2 is 1.90 bits per heavy atom. The van der Waals surface area contributed by atoms with Gasteiger partial charge < -0.3 is 4.74 Å². The van der Waals surface area contributed by atoms with E-state index in [9.17, 15) is 0 Å².